The second kappa shape index (κ2) is 7.27. The number of carbonyl (C=O) groups is 1. The molecule has 1 saturated carbocycles. The van der Waals surface area contributed by atoms with Crippen molar-refractivity contribution in [3.05, 3.63) is 57.5 Å². The average Bonchev–Trinajstić information content (AvgIpc) is 3.41. The van der Waals surface area contributed by atoms with Crippen LogP contribution in [0.2, 0.25) is 5.02 Å². The molecule has 7 heteroatoms. The first kappa shape index (κ1) is 17.9. The van der Waals surface area contributed by atoms with Crippen molar-refractivity contribution in [2.45, 2.75) is 31.9 Å². The molecule has 27 heavy (non-hydrogen) atoms. The number of hydrogen-bond donors (Lipinski definition) is 0. The fourth-order valence-corrected chi connectivity index (χ4v) is 3.35. The highest BCUT2D eigenvalue weighted by Crippen LogP contribution is 2.35. The van der Waals surface area contributed by atoms with E-state index in [4.69, 9.17) is 21.1 Å². The van der Waals surface area contributed by atoms with E-state index in [0.717, 1.165) is 18.5 Å². The Bertz CT molecular complexity index is 899. The van der Waals surface area contributed by atoms with Gasteiger partial charge in [-0.05, 0) is 50.1 Å². The van der Waals surface area contributed by atoms with Crippen molar-refractivity contribution in [1.29, 1.82) is 0 Å². The minimum absolute atomic E-state index is 0.0175. The van der Waals surface area contributed by atoms with Crippen LogP contribution in [-0.4, -0.2) is 41.2 Å². The van der Waals surface area contributed by atoms with Crippen LogP contribution in [0.5, 0.6) is 11.5 Å². The molecule has 1 saturated heterocycles. The number of nitrogens with zero attached hydrogens (tertiary/aromatic N) is 2. The van der Waals surface area contributed by atoms with E-state index < -0.39 is 0 Å². The molecule has 2 aliphatic rings. The number of benzene rings is 1. The second-order valence-corrected chi connectivity index (χ2v) is 7.49. The summed E-state index contributed by atoms with van der Waals surface area (Å²) in [6.07, 6.45) is 2.04. The van der Waals surface area contributed by atoms with Gasteiger partial charge in [-0.2, -0.15) is 0 Å². The fourth-order valence-electron chi connectivity index (χ4n) is 3.23. The van der Waals surface area contributed by atoms with Crippen molar-refractivity contribution >= 4 is 17.5 Å². The highest BCUT2D eigenvalue weighted by atomic mass is 35.5. The second-order valence-electron chi connectivity index (χ2n) is 7.05. The van der Waals surface area contributed by atoms with Crippen molar-refractivity contribution in [1.82, 2.24) is 9.47 Å². The number of pyridine rings is 1. The zero-order valence-corrected chi connectivity index (χ0v) is 15.8. The standard InChI is InChI=1S/C20H21ClN2O4/c1-13-8-17(9-19(24)23(13)15-4-5-15)27-18-10-22(11-18)20(25)12-26-16-6-2-14(21)3-7-16/h2-3,6-9,15,18H,4-5,10-12H2,1H3. The molecule has 6 nitrogen and oxygen atoms in total. The van der Waals surface area contributed by atoms with Crippen LogP contribution in [0.25, 0.3) is 0 Å². The first-order valence-corrected chi connectivity index (χ1v) is 9.43. The van der Waals surface area contributed by atoms with Gasteiger partial charge in [-0.25, -0.2) is 0 Å². The third-order valence-electron chi connectivity index (χ3n) is 4.83. The van der Waals surface area contributed by atoms with E-state index in [0.29, 0.717) is 35.7 Å². The molecular formula is C20H21ClN2O4. The average molecular weight is 389 g/mol. The first-order valence-electron chi connectivity index (χ1n) is 9.05. The predicted molar refractivity (Wildman–Crippen MR) is 102 cm³/mol. The highest BCUT2D eigenvalue weighted by molar-refractivity contribution is 6.30. The molecule has 0 N–H and O–H groups in total. The number of hydrogen-bond acceptors (Lipinski definition) is 4. The highest BCUT2D eigenvalue weighted by Gasteiger charge is 2.33. The van der Waals surface area contributed by atoms with E-state index in [-0.39, 0.29) is 24.2 Å². The molecular weight excluding hydrogens is 368 g/mol. The fraction of sp³-hybridized carbons (Fsp3) is 0.400. The maximum atomic E-state index is 12.2. The lowest BCUT2D eigenvalue weighted by Gasteiger charge is -2.38. The SMILES string of the molecule is Cc1cc(OC2CN(C(=O)COc3ccc(Cl)cc3)C2)cc(=O)n1C1CC1. The summed E-state index contributed by atoms with van der Waals surface area (Å²) in [6.45, 7) is 2.89. The minimum atomic E-state index is -0.0972. The van der Waals surface area contributed by atoms with Crippen molar-refractivity contribution in [2.75, 3.05) is 19.7 Å². The summed E-state index contributed by atoms with van der Waals surface area (Å²) in [5.74, 6) is 1.09. The van der Waals surface area contributed by atoms with Crippen LogP contribution < -0.4 is 15.0 Å². The van der Waals surface area contributed by atoms with Crippen LogP contribution in [-0.2, 0) is 4.79 Å². The number of rotatable bonds is 6. The Balaban J connectivity index is 1.26. The normalized spacial score (nSPS) is 16.7. The topological polar surface area (TPSA) is 60.8 Å². The van der Waals surface area contributed by atoms with Crippen LogP contribution in [0.15, 0.2) is 41.2 Å². The van der Waals surface area contributed by atoms with Gasteiger partial charge < -0.3 is 18.9 Å². The van der Waals surface area contributed by atoms with E-state index in [1.54, 1.807) is 35.2 Å². The summed E-state index contributed by atoms with van der Waals surface area (Å²) >= 11 is 5.82. The molecule has 0 atom stereocenters. The van der Waals surface area contributed by atoms with Crippen molar-refractivity contribution in [3.8, 4) is 11.5 Å². The summed E-state index contributed by atoms with van der Waals surface area (Å²) in [6, 6.07) is 10.7. The Morgan fingerprint density at radius 1 is 1.15 bits per heavy atom. The molecule has 1 aliphatic heterocycles. The predicted octanol–water partition coefficient (Wildman–Crippen LogP) is 2.81. The molecule has 2 fully saturated rings. The van der Waals surface area contributed by atoms with Crippen LogP contribution in [0.1, 0.15) is 24.6 Å². The minimum Gasteiger partial charge on any atom is -0.486 e. The molecule has 1 amide bonds. The van der Waals surface area contributed by atoms with E-state index in [1.807, 2.05) is 17.6 Å². The Kier molecular flexibility index (Phi) is 4.83. The number of carbonyl (C=O) groups excluding carboxylic acids is 1. The molecule has 0 unspecified atom stereocenters. The maximum Gasteiger partial charge on any atom is 0.260 e. The summed E-state index contributed by atoms with van der Waals surface area (Å²) in [5.41, 5.74) is 0.903. The molecule has 1 aliphatic carbocycles. The molecule has 1 aromatic heterocycles. The van der Waals surface area contributed by atoms with Gasteiger partial charge >= 0.3 is 0 Å². The summed E-state index contributed by atoms with van der Waals surface area (Å²) in [5, 5.41) is 0.622. The summed E-state index contributed by atoms with van der Waals surface area (Å²) in [7, 11) is 0. The number of likely N-dealkylation sites (tertiary alicyclic amines) is 1. The Hall–Kier alpha value is -2.47. The van der Waals surface area contributed by atoms with Crippen molar-refractivity contribution in [3.63, 3.8) is 0 Å². The van der Waals surface area contributed by atoms with Gasteiger partial charge in [0, 0.05) is 22.8 Å². The van der Waals surface area contributed by atoms with Gasteiger partial charge in [-0.15, -0.1) is 0 Å². The zero-order chi connectivity index (χ0) is 19.0. The molecule has 4 rings (SSSR count). The van der Waals surface area contributed by atoms with E-state index in [9.17, 15) is 9.59 Å². The Morgan fingerprint density at radius 2 is 1.85 bits per heavy atom. The van der Waals surface area contributed by atoms with E-state index in [1.165, 1.54) is 0 Å². The van der Waals surface area contributed by atoms with Gasteiger partial charge in [-0.3, -0.25) is 9.59 Å². The van der Waals surface area contributed by atoms with Gasteiger partial charge in [0.15, 0.2) is 6.61 Å². The lowest BCUT2D eigenvalue weighted by molar-refractivity contribution is -0.142. The lowest BCUT2D eigenvalue weighted by Crippen LogP contribution is -2.57. The molecule has 0 spiro atoms. The quantitative estimate of drug-likeness (QED) is 0.763. The molecule has 142 valence electrons. The number of amides is 1. The Labute approximate surface area is 162 Å². The van der Waals surface area contributed by atoms with Gasteiger partial charge in [0.05, 0.1) is 13.1 Å². The zero-order valence-electron chi connectivity index (χ0n) is 15.1. The van der Waals surface area contributed by atoms with Crippen molar-refractivity contribution < 1.29 is 14.3 Å². The summed E-state index contributed by atoms with van der Waals surface area (Å²) < 4.78 is 13.2. The summed E-state index contributed by atoms with van der Waals surface area (Å²) in [4.78, 5) is 26.1. The largest absolute Gasteiger partial charge is 0.486 e. The van der Waals surface area contributed by atoms with E-state index >= 15 is 0 Å². The number of aryl methyl sites for hydroxylation is 1. The van der Waals surface area contributed by atoms with Gasteiger partial charge in [0.25, 0.3) is 11.5 Å². The Morgan fingerprint density at radius 3 is 2.48 bits per heavy atom. The third kappa shape index (κ3) is 4.11. The number of halogens is 1. The smallest absolute Gasteiger partial charge is 0.260 e. The maximum absolute atomic E-state index is 12.2. The van der Waals surface area contributed by atoms with Crippen LogP contribution in [0.4, 0.5) is 0 Å². The molecule has 2 aromatic rings. The molecule has 2 heterocycles. The van der Waals surface area contributed by atoms with Crippen LogP contribution >= 0.6 is 11.6 Å². The molecule has 0 radical (unpaired) electrons. The monoisotopic (exact) mass is 388 g/mol. The van der Waals surface area contributed by atoms with Crippen molar-refractivity contribution in [2.24, 2.45) is 0 Å². The lowest BCUT2D eigenvalue weighted by atomic mass is 10.1. The van der Waals surface area contributed by atoms with Crippen LogP contribution in [0, 0.1) is 6.92 Å². The van der Waals surface area contributed by atoms with Gasteiger partial charge in [0.2, 0.25) is 0 Å². The van der Waals surface area contributed by atoms with Crippen LogP contribution in [0.3, 0.4) is 0 Å². The molecule has 1 aromatic carbocycles. The van der Waals surface area contributed by atoms with E-state index in [2.05, 4.69) is 0 Å². The van der Waals surface area contributed by atoms with Gasteiger partial charge in [-0.1, -0.05) is 11.6 Å². The third-order valence-corrected chi connectivity index (χ3v) is 5.08. The number of ether oxygens (including phenoxy) is 2. The number of aromatic nitrogens is 1. The van der Waals surface area contributed by atoms with Gasteiger partial charge in [0.1, 0.15) is 17.6 Å². The first-order chi connectivity index (χ1) is 13.0. The molecule has 0 bridgehead atoms.